The molecular formula is C18H12F2N6. The summed E-state index contributed by atoms with van der Waals surface area (Å²) in [4.78, 5) is 12.5. The molecule has 4 aromatic rings. The lowest BCUT2D eigenvalue weighted by Crippen LogP contribution is -2.03. The first-order chi connectivity index (χ1) is 12.5. The lowest BCUT2D eigenvalue weighted by atomic mass is 10.0. The number of hydrogen-bond acceptors (Lipinski definition) is 6. The highest BCUT2D eigenvalue weighted by Gasteiger charge is 2.17. The van der Waals surface area contributed by atoms with E-state index in [9.17, 15) is 8.78 Å². The van der Waals surface area contributed by atoms with Gasteiger partial charge in [-0.05, 0) is 31.2 Å². The summed E-state index contributed by atoms with van der Waals surface area (Å²) in [5.74, 6) is -1.54. The SMILES string of the molecule is Cc1ncnc2ccc(-c3nnc(N)nc3-c3ccc(F)cc3F)cc12. The van der Waals surface area contributed by atoms with Crippen molar-refractivity contribution in [2.45, 2.75) is 6.92 Å². The highest BCUT2D eigenvalue weighted by Crippen LogP contribution is 2.32. The fraction of sp³-hybridized carbons (Fsp3) is 0.0556. The molecule has 6 nitrogen and oxygen atoms in total. The fourth-order valence-corrected chi connectivity index (χ4v) is 2.74. The number of nitrogens with two attached hydrogens (primary N) is 1. The molecule has 2 N–H and O–H groups in total. The number of anilines is 1. The van der Waals surface area contributed by atoms with Crippen LogP contribution in [0.3, 0.4) is 0 Å². The van der Waals surface area contributed by atoms with Crippen LogP contribution in [0.15, 0.2) is 42.7 Å². The number of nitrogen functional groups attached to an aromatic ring is 1. The Bertz CT molecular complexity index is 1150. The van der Waals surface area contributed by atoms with E-state index in [0.29, 0.717) is 11.3 Å². The second kappa shape index (κ2) is 6.07. The zero-order valence-electron chi connectivity index (χ0n) is 13.6. The standard InChI is InChI=1S/C18H12F2N6/c1-9-13-6-10(2-5-15(13)23-8-22-9)16-17(24-18(21)26-25-16)12-4-3-11(19)7-14(12)20/h2-8H,1H3,(H2,21,24,26). The van der Waals surface area contributed by atoms with Crippen LogP contribution in [0.25, 0.3) is 33.4 Å². The molecule has 128 valence electrons. The number of aromatic nitrogens is 5. The van der Waals surface area contributed by atoms with E-state index >= 15 is 0 Å². The van der Waals surface area contributed by atoms with Crippen molar-refractivity contribution in [3.63, 3.8) is 0 Å². The van der Waals surface area contributed by atoms with Gasteiger partial charge in [0, 0.05) is 28.3 Å². The van der Waals surface area contributed by atoms with E-state index < -0.39 is 11.6 Å². The molecule has 0 aliphatic rings. The summed E-state index contributed by atoms with van der Waals surface area (Å²) in [6.07, 6.45) is 1.49. The maximum atomic E-state index is 14.3. The first-order valence-corrected chi connectivity index (χ1v) is 7.70. The van der Waals surface area contributed by atoms with Crippen molar-refractivity contribution >= 4 is 16.9 Å². The van der Waals surface area contributed by atoms with Crippen LogP contribution in [0.5, 0.6) is 0 Å². The number of aryl methyl sites for hydroxylation is 1. The van der Waals surface area contributed by atoms with Crippen LogP contribution >= 0.6 is 0 Å². The molecule has 0 aliphatic heterocycles. The van der Waals surface area contributed by atoms with Gasteiger partial charge in [0.15, 0.2) is 0 Å². The molecule has 8 heteroatoms. The van der Waals surface area contributed by atoms with Crippen molar-refractivity contribution in [2.75, 3.05) is 5.73 Å². The summed E-state index contributed by atoms with van der Waals surface area (Å²) in [6, 6.07) is 8.66. The van der Waals surface area contributed by atoms with Gasteiger partial charge < -0.3 is 5.73 Å². The molecule has 0 saturated heterocycles. The van der Waals surface area contributed by atoms with Crippen LogP contribution in [-0.4, -0.2) is 25.1 Å². The Morgan fingerprint density at radius 1 is 0.923 bits per heavy atom. The zero-order chi connectivity index (χ0) is 18.3. The quantitative estimate of drug-likeness (QED) is 0.596. The molecule has 2 aromatic heterocycles. The molecule has 0 saturated carbocycles. The second-order valence-corrected chi connectivity index (χ2v) is 5.68. The Labute approximate surface area is 146 Å². The van der Waals surface area contributed by atoms with Crippen molar-refractivity contribution in [1.82, 2.24) is 25.1 Å². The summed E-state index contributed by atoms with van der Waals surface area (Å²) >= 11 is 0. The van der Waals surface area contributed by atoms with Gasteiger partial charge in [0.25, 0.3) is 0 Å². The van der Waals surface area contributed by atoms with Crippen LogP contribution < -0.4 is 5.73 Å². The normalized spacial score (nSPS) is 11.0. The Balaban J connectivity index is 1.97. The summed E-state index contributed by atoms with van der Waals surface area (Å²) in [7, 11) is 0. The number of nitrogens with zero attached hydrogens (tertiary/aromatic N) is 5. The van der Waals surface area contributed by atoms with E-state index in [1.165, 1.54) is 12.4 Å². The number of benzene rings is 2. The summed E-state index contributed by atoms with van der Waals surface area (Å²) in [5, 5.41) is 8.69. The topological polar surface area (TPSA) is 90.5 Å². The number of fused-ring (bicyclic) bond motifs is 1. The van der Waals surface area contributed by atoms with Gasteiger partial charge in [0.2, 0.25) is 5.95 Å². The molecule has 2 heterocycles. The van der Waals surface area contributed by atoms with Crippen molar-refractivity contribution < 1.29 is 8.78 Å². The number of halogens is 2. The average molecular weight is 350 g/mol. The minimum absolute atomic E-state index is 0.0872. The Kier molecular flexibility index (Phi) is 3.72. The summed E-state index contributed by atoms with van der Waals surface area (Å²) in [6.45, 7) is 1.86. The Morgan fingerprint density at radius 3 is 2.58 bits per heavy atom. The summed E-state index contributed by atoms with van der Waals surface area (Å²) < 4.78 is 27.5. The number of rotatable bonds is 2. The van der Waals surface area contributed by atoms with Gasteiger partial charge in [-0.15, -0.1) is 10.2 Å². The van der Waals surface area contributed by atoms with Gasteiger partial charge in [0.1, 0.15) is 29.3 Å². The molecule has 0 aliphatic carbocycles. The van der Waals surface area contributed by atoms with Crippen molar-refractivity contribution in [1.29, 1.82) is 0 Å². The first kappa shape index (κ1) is 15.9. The fourth-order valence-electron chi connectivity index (χ4n) is 2.74. The molecule has 0 amide bonds. The maximum Gasteiger partial charge on any atom is 0.240 e. The van der Waals surface area contributed by atoms with Gasteiger partial charge in [-0.3, -0.25) is 0 Å². The van der Waals surface area contributed by atoms with Crippen molar-refractivity contribution in [3.8, 4) is 22.5 Å². The molecule has 0 radical (unpaired) electrons. The number of hydrogen-bond donors (Lipinski definition) is 1. The van der Waals surface area contributed by atoms with Crippen molar-refractivity contribution in [3.05, 3.63) is 60.1 Å². The molecule has 0 spiro atoms. The predicted molar refractivity (Wildman–Crippen MR) is 92.9 cm³/mol. The minimum atomic E-state index is -0.758. The molecule has 2 aromatic carbocycles. The zero-order valence-corrected chi connectivity index (χ0v) is 13.6. The van der Waals surface area contributed by atoms with Crippen LogP contribution in [0.1, 0.15) is 5.69 Å². The lowest BCUT2D eigenvalue weighted by Gasteiger charge is -2.10. The minimum Gasteiger partial charge on any atom is -0.366 e. The van der Waals surface area contributed by atoms with E-state index in [-0.39, 0.29) is 17.2 Å². The Morgan fingerprint density at radius 2 is 1.77 bits per heavy atom. The molecule has 4 rings (SSSR count). The molecule has 26 heavy (non-hydrogen) atoms. The molecule has 0 fully saturated rings. The molecule has 0 unspecified atom stereocenters. The van der Waals surface area contributed by atoms with Crippen LogP contribution in [0.4, 0.5) is 14.7 Å². The maximum absolute atomic E-state index is 14.3. The highest BCUT2D eigenvalue weighted by atomic mass is 19.1. The van der Waals surface area contributed by atoms with Crippen LogP contribution in [0, 0.1) is 18.6 Å². The van der Waals surface area contributed by atoms with E-state index in [1.54, 1.807) is 6.07 Å². The van der Waals surface area contributed by atoms with Crippen LogP contribution in [-0.2, 0) is 0 Å². The van der Waals surface area contributed by atoms with Gasteiger partial charge in [0.05, 0.1) is 5.52 Å². The smallest absolute Gasteiger partial charge is 0.240 e. The highest BCUT2D eigenvalue weighted by molar-refractivity contribution is 5.88. The lowest BCUT2D eigenvalue weighted by molar-refractivity contribution is 0.585. The molecule has 0 atom stereocenters. The summed E-state index contributed by atoms with van der Waals surface area (Å²) in [5.41, 5.74) is 8.45. The largest absolute Gasteiger partial charge is 0.366 e. The third-order valence-corrected chi connectivity index (χ3v) is 4.00. The van der Waals surface area contributed by atoms with Gasteiger partial charge in [-0.1, -0.05) is 6.07 Å². The van der Waals surface area contributed by atoms with Gasteiger partial charge >= 0.3 is 0 Å². The van der Waals surface area contributed by atoms with Gasteiger partial charge in [-0.2, -0.15) is 0 Å². The predicted octanol–water partition coefficient (Wildman–Crippen LogP) is 3.32. The first-order valence-electron chi connectivity index (χ1n) is 7.70. The van der Waals surface area contributed by atoms with Crippen LogP contribution in [0.2, 0.25) is 0 Å². The van der Waals surface area contributed by atoms with E-state index in [1.807, 2.05) is 19.1 Å². The van der Waals surface area contributed by atoms with E-state index in [0.717, 1.165) is 28.7 Å². The monoisotopic (exact) mass is 350 g/mol. The molecule has 0 bridgehead atoms. The van der Waals surface area contributed by atoms with Gasteiger partial charge in [-0.25, -0.2) is 23.7 Å². The average Bonchev–Trinajstić information content (AvgIpc) is 2.62. The van der Waals surface area contributed by atoms with E-state index in [4.69, 9.17) is 5.73 Å². The second-order valence-electron chi connectivity index (χ2n) is 5.68. The van der Waals surface area contributed by atoms with Crippen molar-refractivity contribution in [2.24, 2.45) is 0 Å². The third-order valence-electron chi connectivity index (χ3n) is 4.00. The molecular weight excluding hydrogens is 338 g/mol. The third kappa shape index (κ3) is 2.71. The Hall–Kier alpha value is -3.55. The van der Waals surface area contributed by atoms with E-state index in [2.05, 4.69) is 25.1 Å².